The van der Waals surface area contributed by atoms with Gasteiger partial charge in [0, 0.05) is 17.8 Å². The maximum atomic E-state index is 12.0. The molecule has 1 saturated carbocycles. The summed E-state index contributed by atoms with van der Waals surface area (Å²) in [5.74, 6) is -0.207. The number of halogens is 1. The number of hydrogen-bond donors (Lipinski definition) is 2. The molecule has 104 valence electrons. The summed E-state index contributed by atoms with van der Waals surface area (Å²) in [6.07, 6.45) is 4.28. The van der Waals surface area contributed by atoms with E-state index in [4.69, 9.17) is 11.6 Å². The number of amides is 1. The van der Waals surface area contributed by atoms with Crippen LogP contribution in [-0.4, -0.2) is 28.1 Å². The maximum absolute atomic E-state index is 12.0. The highest BCUT2D eigenvalue weighted by Gasteiger charge is 2.34. The molecule has 4 nitrogen and oxygen atoms in total. The van der Waals surface area contributed by atoms with Crippen LogP contribution < -0.4 is 5.32 Å². The average Bonchev–Trinajstić information content (AvgIpc) is 2.33. The van der Waals surface area contributed by atoms with Crippen LogP contribution in [0.3, 0.4) is 0 Å². The topological polar surface area (TPSA) is 62.2 Å². The van der Waals surface area contributed by atoms with E-state index in [2.05, 4.69) is 17.2 Å². The third-order valence-corrected chi connectivity index (χ3v) is 3.67. The Morgan fingerprint density at radius 2 is 2.26 bits per heavy atom. The van der Waals surface area contributed by atoms with E-state index < -0.39 is 5.60 Å². The van der Waals surface area contributed by atoms with Crippen molar-refractivity contribution in [3.05, 3.63) is 28.5 Å². The second kappa shape index (κ2) is 5.88. The van der Waals surface area contributed by atoms with Crippen LogP contribution in [0, 0.1) is 0 Å². The first-order chi connectivity index (χ1) is 9.02. The van der Waals surface area contributed by atoms with Crippen molar-refractivity contribution in [2.75, 3.05) is 6.54 Å². The van der Waals surface area contributed by atoms with Crippen LogP contribution in [0.1, 0.15) is 48.7 Å². The maximum Gasteiger partial charge on any atom is 0.251 e. The van der Waals surface area contributed by atoms with Gasteiger partial charge in [0.2, 0.25) is 0 Å². The van der Waals surface area contributed by atoms with Gasteiger partial charge in [-0.2, -0.15) is 0 Å². The molecule has 0 saturated heterocycles. The molecule has 19 heavy (non-hydrogen) atoms. The molecule has 0 bridgehead atoms. The van der Waals surface area contributed by atoms with Gasteiger partial charge in [-0.3, -0.25) is 4.79 Å². The molecule has 1 aliphatic rings. The smallest absolute Gasteiger partial charge is 0.251 e. The lowest BCUT2D eigenvalue weighted by molar-refractivity contribution is -0.0300. The zero-order valence-electron chi connectivity index (χ0n) is 11.1. The first-order valence-corrected chi connectivity index (χ1v) is 7.07. The molecule has 0 aliphatic heterocycles. The number of aryl methyl sites for hydroxylation is 1. The van der Waals surface area contributed by atoms with Crippen LogP contribution in [-0.2, 0) is 6.42 Å². The van der Waals surface area contributed by atoms with Crippen LogP contribution in [0.5, 0.6) is 0 Å². The minimum atomic E-state index is -0.710. The van der Waals surface area contributed by atoms with Crippen LogP contribution >= 0.6 is 11.6 Å². The molecule has 1 aromatic rings. The van der Waals surface area contributed by atoms with Gasteiger partial charge in [-0.25, -0.2) is 4.98 Å². The number of nitrogens with zero attached hydrogens (tertiary/aromatic N) is 1. The van der Waals surface area contributed by atoms with Gasteiger partial charge in [-0.1, -0.05) is 24.9 Å². The van der Waals surface area contributed by atoms with Crippen molar-refractivity contribution in [1.82, 2.24) is 10.3 Å². The molecule has 1 aliphatic carbocycles. The first-order valence-electron chi connectivity index (χ1n) is 6.69. The Morgan fingerprint density at radius 1 is 1.53 bits per heavy atom. The Labute approximate surface area is 118 Å². The minimum Gasteiger partial charge on any atom is -0.388 e. The summed E-state index contributed by atoms with van der Waals surface area (Å²) < 4.78 is 0. The fourth-order valence-electron chi connectivity index (χ4n) is 2.18. The molecule has 2 rings (SSSR count). The summed E-state index contributed by atoms with van der Waals surface area (Å²) in [7, 11) is 0. The van der Waals surface area contributed by atoms with E-state index >= 15 is 0 Å². The van der Waals surface area contributed by atoms with E-state index in [0.29, 0.717) is 17.3 Å². The molecular formula is C14H19ClN2O2. The molecule has 1 fully saturated rings. The van der Waals surface area contributed by atoms with Crippen LogP contribution in [0.4, 0.5) is 0 Å². The van der Waals surface area contributed by atoms with Crippen molar-refractivity contribution < 1.29 is 9.90 Å². The standard InChI is InChI=1S/C14H19ClN2O2/c1-2-4-11-7-10(8-12(15)17-11)13(18)16-9-14(19)5-3-6-14/h7-8,19H,2-6,9H2,1H3,(H,16,18). The molecule has 0 spiro atoms. The lowest BCUT2D eigenvalue weighted by Crippen LogP contribution is -2.47. The lowest BCUT2D eigenvalue weighted by atomic mass is 9.80. The number of aliphatic hydroxyl groups is 1. The fourth-order valence-corrected chi connectivity index (χ4v) is 2.40. The molecule has 5 heteroatoms. The van der Waals surface area contributed by atoms with Gasteiger partial charge in [0.25, 0.3) is 5.91 Å². The van der Waals surface area contributed by atoms with Crippen LogP contribution in [0.15, 0.2) is 12.1 Å². The van der Waals surface area contributed by atoms with Gasteiger partial charge in [-0.05, 0) is 37.8 Å². The molecule has 0 aromatic carbocycles. The molecule has 1 heterocycles. The van der Waals surface area contributed by atoms with E-state index in [1.54, 1.807) is 12.1 Å². The van der Waals surface area contributed by atoms with Crippen LogP contribution in [0.25, 0.3) is 0 Å². The van der Waals surface area contributed by atoms with Gasteiger partial charge in [0.15, 0.2) is 0 Å². The summed E-state index contributed by atoms with van der Waals surface area (Å²) in [4.78, 5) is 16.2. The van der Waals surface area contributed by atoms with Gasteiger partial charge < -0.3 is 10.4 Å². The number of rotatable bonds is 5. The van der Waals surface area contributed by atoms with Crippen molar-refractivity contribution >= 4 is 17.5 Å². The number of hydrogen-bond acceptors (Lipinski definition) is 3. The highest BCUT2D eigenvalue weighted by atomic mass is 35.5. The first kappa shape index (κ1) is 14.3. The third kappa shape index (κ3) is 3.67. The third-order valence-electron chi connectivity index (χ3n) is 3.48. The number of pyridine rings is 1. The minimum absolute atomic E-state index is 0.207. The number of nitrogens with one attached hydrogen (secondary N) is 1. The number of aromatic nitrogens is 1. The fraction of sp³-hybridized carbons (Fsp3) is 0.571. The van der Waals surface area contributed by atoms with Gasteiger partial charge in [0.05, 0.1) is 5.60 Å². The van der Waals surface area contributed by atoms with E-state index in [1.807, 2.05) is 0 Å². The van der Waals surface area contributed by atoms with Crippen molar-refractivity contribution in [3.63, 3.8) is 0 Å². The second-order valence-electron chi connectivity index (χ2n) is 5.18. The molecule has 0 radical (unpaired) electrons. The number of carbonyl (C=O) groups is 1. The van der Waals surface area contributed by atoms with E-state index in [9.17, 15) is 9.90 Å². The molecular weight excluding hydrogens is 264 g/mol. The number of carbonyl (C=O) groups excluding carboxylic acids is 1. The van der Waals surface area contributed by atoms with Crippen molar-refractivity contribution in [2.24, 2.45) is 0 Å². The summed E-state index contributed by atoms with van der Waals surface area (Å²) in [5.41, 5.74) is 0.618. The monoisotopic (exact) mass is 282 g/mol. The molecule has 2 N–H and O–H groups in total. The average molecular weight is 283 g/mol. The van der Waals surface area contributed by atoms with Gasteiger partial charge in [-0.15, -0.1) is 0 Å². The lowest BCUT2D eigenvalue weighted by Gasteiger charge is -2.36. The Morgan fingerprint density at radius 3 is 2.84 bits per heavy atom. The predicted molar refractivity (Wildman–Crippen MR) is 74.4 cm³/mol. The SMILES string of the molecule is CCCc1cc(C(=O)NCC2(O)CCC2)cc(Cl)n1. The summed E-state index contributed by atoms with van der Waals surface area (Å²) in [6, 6.07) is 3.32. The van der Waals surface area contributed by atoms with E-state index in [-0.39, 0.29) is 5.91 Å². The molecule has 0 atom stereocenters. The summed E-state index contributed by atoms with van der Waals surface area (Å²) >= 11 is 5.92. The Hall–Kier alpha value is -1.13. The largest absolute Gasteiger partial charge is 0.388 e. The highest BCUT2D eigenvalue weighted by Crippen LogP contribution is 2.30. The predicted octanol–water partition coefficient (Wildman–Crippen LogP) is 2.33. The molecule has 1 amide bonds. The molecule has 1 aromatic heterocycles. The normalized spacial score (nSPS) is 16.8. The summed E-state index contributed by atoms with van der Waals surface area (Å²) in [5, 5.41) is 13.0. The quantitative estimate of drug-likeness (QED) is 0.815. The van der Waals surface area contributed by atoms with Crippen LogP contribution in [0.2, 0.25) is 5.15 Å². The Kier molecular flexibility index (Phi) is 4.42. The zero-order chi connectivity index (χ0) is 13.9. The highest BCUT2D eigenvalue weighted by molar-refractivity contribution is 6.29. The van der Waals surface area contributed by atoms with Crippen molar-refractivity contribution in [1.29, 1.82) is 0 Å². The zero-order valence-corrected chi connectivity index (χ0v) is 11.8. The van der Waals surface area contributed by atoms with Crippen molar-refractivity contribution in [2.45, 2.75) is 44.6 Å². The second-order valence-corrected chi connectivity index (χ2v) is 5.57. The molecule has 0 unspecified atom stereocenters. The van der Waals surface area contributed by atoms with E-state index in [0.717, 1.165) is 37.8 Å². The Bertz CT molecular complexity index is 473. The Balaban J connectivity index is 2.01. The van der Waals surface area contributed by atoms with E-state index in [1.165, 1.54) is 0 Å². The van der Waals surface area contributed by atoms with Gasteiger partial charge in [0.1, 0.15) is 5.15 Å². The van der Waals surface area contributed by atoms with Gasteiger partial charge >= 0.3 is 0 Å². The summed E-state index contributed by atoms with van der Waals surface area (Å²) in [6.45, 7) is 2.35. The van der Waals surface area contributed by atoms with Crippen molar-refractivity contribution in [3.8, 4) is 0 Å².